The van der Waals surface area contributed by atoms with Crippen LogP contribution in [0.1, 0.15) is 16.1 Å². The summed E-state index contributed by atoms with van der Waals surface area (Å²) in [6.07, 6.45) is 0. The molecule has 6 nitrogen and oxygen atoms in total. The van der Waals surface area contributed by atoms with Gasteiger partial charge in [0.05, 0.1) is 18.2 Å². The number of ether oxygens (including phenoxy) is 1. The monoisotopic (exact) mass is 463 g/mol. The number of aryl methyl sites for hydroxylation is 1. The molecule has 3 aromatic carbocycles. The molecule has 0 spiro atoms. The number of halogens is 1. The fourth-order valence-corrected chi connectivity index (χ4v) is 3.68. The van der Waals surface area contributed by atoms with Crippen molar-refractivity contribution in [2.75, 3.05) is 12.4 Å². The minimum absolute atomic E-state index is 0.170. The van der Waals surface area contributed by atoms with Crippen molar-refractivity contribution in [3.8, 4) is 11.4 Å². The Labute approximate surface area is 181 Å². The van der Waals surface area contributed by atoms with Crippen LogP contribution < -0.4 is 15.6 Å². The molecule has 4 rings (SSSR count). The Morgan fingerprint density at radius 1 is 1.03 bits per heavy atom. The number of anilines is 1. The summed E-state index contributed by atoms with van der Waals surface area (Å²) in [4.78, 5) is 26.2. The second kappa shape index (κ2) is 8.12. The van der Waals surface area contributed by atoms with Gasteiger partial charge in [-0.05, 0) is 61.0 Å². The van der Waals surface area contributed by atoms with E-state index in [-0.39, 0.29) is 17.2 Å². The van der Waals surface area contributed by atoms with E-state index in [4.69, 9.17) is 4.74 Å². The summed E-state index contributed by atoms with van der Waals surface area (Å²) < 4.78 is 7.34. The van der Waals surface area contributed by atoms with E-state index in [1.807, 2.05) is 25.1 Å². The van der Waals surface area contributed by atoms with Crippen molar-refractivity contribution in [2.45, 2.75) is 6.92 Å². The molecule has 1 amide bonds. The Hall–Kier alpha value is -3.45. The number of benzene rings is 3. The van der Waals surface area contributed by atoms with Crippen LogP contribution in [0, 0.1) is 6.92 Å². The van der Waals surface area contributed by atoms with Crippen molar-refractivity contribution in [1.29, 1.82) is 0 Å². The Morgan fingerprint density at radius 2 is 1.73 bits per heavy atom. The molecule has 0 saturated heterocycles. The fraction of sp³-hybridized carbons (Fsp3) is 0.0870. The number of amides is 1. The molecule has 0 aliphatic rings. The van der Waals surface area contributed by atoms with E-state index in [0.717, 1.165) is 10.0 Å². The second-order valence-corrected chi connectivity index (χ2v) is 7.64. The van der Waals surface area contributed by atoms with Gasteiger partial charge in [-0.2, -0.15) is 9.78 Å². The van der Waals surface area contributed by atoms with Gasteiger partial charge in [0.15, 0.2) is 5.69 Å². The van der Waals surface area contributed by atoms with Gasteiger partial charge in [-0.1, -0.05) is 34.1 Å². The first-order valence-electron chi connectivity index (χ1n) is 9.22. The molecule has 30 heavy (non-hydrogen) atoms. The lowest BCUT2D eigenvalue weighted by Gasteiger charge is -2.13. The lowest BCUT2D eigenvalue weighted by molar-refractivity contribution is 0.102. The Balaban J connectivity index is 1.85. The predicted molar refractivity (Wildman–Crippen MR) is 121 cm³/mol. The van der Waals surface area contributed by atoms with Gasteiger partial charge >= 0.3 is 0 Å². The summed E-state index contributed by atoms with van der Waals surface area (Å²) in [5, 5.41) is 8.23. The molecule has 0 aliphatic heterocycles. The molecule has 1 N–H and O–H groups in total. The van der Waals surface area contributed by atoms with Crippen molar-refractivity contribution < 1.29 is 9.53 Å². The van der Waals surface area contributed by atoms with Crippen LogP contribution in [0.2, 0.25) is 0 Å². The third-order valence-electron chi connectivity index (χ3n) is 4.77. The van der Waals surface area contributed by atoms with Gasteiger partial charge in [0, 0.05) is 15.5 Å². The summed E-state index contributed by atoms with van der Waals surface area (Å²) in [5.41, 5.74) is 2.00. The average Bonchev–Trinajstić information content (AvgIpc) is 2.76. The summed E-state index contributed by atoms with van der Waals surface area (Å²) in [5.74, 6) is 0.273. The van der Waals surface area contributed by atoms with E-state index < -0.39 is 0 Å². The highest BCUT2D eigenvalue weighted by Crippen LogP contribution is 2.22. The van der Waals surface area contributed by atoms with Crippen LogP contribution in [0.15, 0.2) is 76.0 Å². The maximum Gasteiger partial charge on any atom is 0.279 e. The highest BCUT2D eigenvalue weighted by atomic mass is 79.9. The van der Waals surface area contributed by atoms with Crippen LogP contribution in [-0.4, -0.2) is 22.8 Å². The van der Waals surface area contributed by atoms with Crippen molar-refractivity contribution in [3.05, 3.63) is 92.8 Å². The van der Waals surface area contributed by atoms with E-state index in [2.05, 4.69) is 26.3 Å². The normalized spacial score (nSPS) is 10.8. The van der Waals surface area contributed by atoms with Crippen molar-refractivity contribution in [3.63, 3.8) is 0 Å². The summed E-state index contributed by atoms with van der Waals surface area (Å²) in [6.45, 7) is 1.91. The zero-order valence-corrected chi connectivity index (χ0v) is 17.9. The molecule has 0 atom stereocenters. The molecule has 1 aromatic heterocycles. The van der Waals surface area contributed by atoms with Gasteiger partial charge < -0.3 is 10.1 Å². The number of carbonyl (C=O) groups excluding carboxylic acids is 1. The molecule has 0 bridgehead atoms. The molecule has 0 unspecified atom stereocenters. The molecule has 7 heteroatoms. The van der Waals surface area contributed by atoms with Gasteiger partial charge in [-0.3, -0.25) is 9.59 Å². The molecule has 150 valence electrons. The van der Waals surface area contributed by atoms with E-state index >= 15 is 0 Å². The minimum Gasteiger partial charge on any atom is -0.497 e. The van der Waals surface area contributed by atoms with Crippen LogP contribution in [0.25, 0.3) is 16.5 Å². The Morgan fingerprint density at radius 3 is 2.40 bits per heavy atom. The smallest absolute Gasteiger partial charge is 0.279 e. The summed E-state index contributed by atoms with van der Waals surface area (Å²) in [7, 11) is 1.57. The first-order chi connectivity index (χ1) is 14.5. The molecule has 0 aliphatic carbocycles. The lowest BCUT2D eigenvalue weighted by Crippen LogP contribution is -2.26. The molecule has 0 saturated carbocycles. The van der Waals surface area contributed by atoms with Gasteiger partial charge in [-0.15, -0.1) is 0 Å². The molecular weight excluding hydrogens is 446 g/mol. The van der Waals surface area contributed by atoms with Crippen LogP contribution in [-0.2, 0) is 0 Å². The van der Waals surface area contributed by atoms with Crippen LogP contribution in [0.3, 0.4) is 0 Å². The Kier molecular flexibility index (Phi) is 5.37. The number of hydrogen-bond donors (Lipinski definition) is 1. The second-order valence-electron chi connectivity index (χ2n) is 6.72. The van der Waals surface area contributed by atoms with E-state index in [0.29, 0.717) is 27.9 Å². The van der Waals surface area contributed by atoms with E-state index in [1.165, 1.54) is 4.68 Å². The number of fused-ring (bicyclic) bond motifs is 1. The number of hydrogen-bond acceptors (Lipinski definition) is 4. The third-order valence-corrected chi connectivity index (χ3v) is 5.27. The van der Waals surface area contributed by atoms with Gasteiger partial charge in [-0.25, -0.2) is 0 Å². The van der Waals surface area contributed by atoms with Crippen molar-refractivity contribution >= 4 is 38.3 Å². The number of nitrogens with zero attached hydrogens (tertiary/aromatic N) is 2. The molecule has 0 radical (unpaired) electrons. The molecular formula is C23H18BrN3O3. The first-order valence-corrected chi connectivity index (χ1v) is 10.0. The van der Waals surface area contributed by atoms with Crippen LogP contribution in [0.5, 0.6) is 5.75 Å². The standard InChI is InChI=1S/C23H18BrN3O3/c1-14-13-15(24)7-12-20(14)25-22(28)21-18-5-3-4-6-19(18)23(29)27(26-21)16-8-10-17(30-2)11-9-16/h3-13H,1-2H3,(H,25,28). The predicted octanol–water partition coefficient (Wildman–Crippen LogP) is 4.72. The van der Waals surface area contributed by atoms with E-state index in [9.17, 15) is 9.59 Å². The maximum atomic E-state index is 13.1. The van der Waals surface area contributed by atoms with Gasteiger partial charge in [0.25, 0.3) is 11.5 Å². The van der Waals surface area contributed by atoms with Crippen molar-refractivity contribution in [1.82, 2.24) is 9.78 Å². The SMILES string of the molecule is COc1ccc(-n2nc(C(=O)Nc3ccc(Br)cc3C)c3ccccc3c2=O)cc1. The lowest BCUT2D eigenvalue weighted by atomic mass is 10.1. The fourth-order valence-electron chi connectivity index (χ4n) is 3.20. The topological polar surface area (TPSA) is 73.2 Å². The quantitative estimate of drug-likeness (QED) is 0.475. The van der Waals surface area contributed by atoms with Crippen LogP contribution in [0.4, 0.5) is 5.69 Å². The highest BCUT2D eigenvalue weighted by Gasteiger charge is 2.18. The minimum atomic E-state index is -0.390. The average molecular weight is 464 g/mol. The molecule has 1 heterocycles. The van der Waals surface area contributed by atoms with Gasteiger partial charge in [0.2, 0.25) is 0 Å². The maximum absolute atomic E-state index is 13.1. The van der Waals surface area contributed by atoms with Gasteiger partial charge in [0.1, 0.15) is 5.75 Å². The number of nitrogens with one attached hydrogen (secondary N) is 1. The molecule has 0 fully saturated rings. The van der Waals surface area contributed by atoms with Crippen LogP contribution >= 0.6 is 15.9 Å². The van der Waals surface area contributed by atoms with E-state index in [1.54, 1.807) is 55.6 Å². The number of methoxy groups -OCH3 is 1. The Bertz CT molecular complexity index is 1310. The molecule has 4 aromatic rings. The number of carbonyl (C=O) groups is 1. The third kappa shape index (κ3) is 3.71. The summed E-state index contributed by atoms with van der Waals surface area (Å²) >= 11 is 3.42. The first kappa shape index (κ1) is 19.8. The highest BCUT2D eigenvalue weighted by molar-refractivity contribution is 9.10. The number of aromatic nitrogens is 2. The summed E-state index contributed by atoms with van der Waals surface area (Å²) in [6, 6.07) is 19.5. The largest absolute Gasteiger partial charge is 0.497 e. The van der Waals surface area contributed by atoms with Crippen molar-refractivity contribution in [2.24, 2.45) is 0 Å². The number of rotatable bonds is 4. The zero-order chi connectivity index (χ0) is 21.3. The zero-order valence-electron chi connectivity index (χ0n) is 16.3.